The van der Waals surface area contributed by atoms with Crippen molar-refractivity contribution < 1.29 is 37.1 Å². The van der Waals surface area contributed by atoms with Gasteiger partial charge in [-0.3, -0.25) is 9.05 Å². The second kappa shape index (κ2) is 22.8. The lowest BCUT2D eigenvalue weighted by Crippen LogP contribution is -2.28. The minimum Gasteiger partial charge on any atom is -0.382 e. The molecule has 4 rings (SSSR count). The summed E-state index contributed by atoms with van der Waals surface area (Å²) in [5.41, 5.74) is 5.99. The zero-order valence-electron chi connectivity index (χ0n) is 31.5. The molecule has 3 N–H and O–H groups in total. The van der Waals surface area contributed by atoms with Gasteiger partial charge in [0.25, 0.3) is 0 Å². The van der Waals surface area contributed by atoms with Gasteiger partial charge in [0.05, 0.1) is 43.8 Å². The highest BCUT2D eigenvalue weighted by atomic mass is 31.2. The number of aromatic nitrogens is 3. The molecule has 0 bridgehead atoms. The van der Waals surface area contributed by atoms with E-state index in [4.69, 9.17) is 34.3 Å². The molecule has 0 radical (unpaired) electrons. The van der Waals surface area contributed by atoms with Crippen molar-refractivity contribution >= 4 is 19.2 Å². The SMILES string of the molecule is CCCCCCCCCCCCCCCCOC[C@H](COP(=O)(O)OC[C@@H]1CC[C@](C#N)(c2ccc3c(N)ncnn23)O1)OCc1ccc(C#N)c(F)c1. The van der Waals surface area contributed by atoms with Gasteiger partial charge in [0.1, 0.15) is 35.9 Å². The number of unbranched alkanes of at least 4 members (excludes halogenated alkanes) is 13. The molecule has 1 aliphatic rings. The summed E-state index contributed by atoms with van der Waals surface area (Å²) in [6, 6.07) is 11.6. The molecule has 0 spiro atoms. The lowest BCUT2D eigenvalue weighted by molar-refractivity contribution is -0.0560. The summed E-state index contributed by atoms with van der Waals surface area (Å²) in [5, 5.41) is 23.3. The number of fused-ring (bicyclic) bond motifs is 1. The van der Waals surface area contributed by atoms with Crippen LogP contribution in [0.4, 0.5) is 10.2 Å². The Labute approximate surface area is 318 Å². The van der Waals surface area contributed by atoms with E-state index in [1.807, 2.05) is 0 Å². The number of ether oxygens (including phenoxy) is 3. The molecule has 54 heavy (non-hydrogen) atoms. The third-order valence-corrected chi connectivity index (χ3v) is 10.6. The molecular weight excluding hydrogens is 714 g/mol. The number of nitriles is 2. The maximum Gasteiger partial charge on any atom is 0.472 e. The summed E-state index contributed by atoms with van der Waals surface area (Å²) in [5.74, 6) is -0.405. The fraction of sp³-hybridized carbons (Fsp3) is 0.641. The Balaban J connectivity index is 1.18. The van der Waals surface area contributed by atoms with Crippen LogP contribution in [0.2, 0.25) is 0 Å². The van der Waals surface area contributed by atoms with E-state index < -0.39 is 31.4 Å². The number of halogens is 1. The molecule has 296 valence electrons. The molecule has 1 aromatic carbocycles. The van der Waals surface area contributed by atoms with E-state index >= 15 is 0 Å². The number of nitrogen functional groups attached to an aromatic ring is 1. The monoisotopic (exact) mass is 770 g/mol. The van der Waals surface area contributed by atoms with Crippen molar-refractivity contribution in [3.63, 3.8) is 0 Å². The molecule has 4 atom stereocenters. The van der Waals surface area contributed by atoms with Crippen LogP contribution in [-0.2, 0) is 40.0 Å². The van der Waals surface area contributed by atoms with Gasteiger partial charge >= 0.3 is 7.82 Å². The summed E-state index contributed by atoms with van der Waals surface area (Å²) in [6.07, 6.45) is 18.1. The highest BCUT2D eigenvalue weighted by Crippen LogP contribution is 2.46. The number of nitrogens with two attached hydrogens (primary N) is 1. The van der Waals surface area contributed by atoms with E-state index in [9.17, 15) is 19.1 Å². The zero-order valence-corrected chi connectivity index (χ0v) is 32.4. The molecule has 15 heteroatoms. The Morgan fingerprint density at radius 1 is 1.02 bits per heavy atom. The number of nitrogens with zero attached hydrogens (tertiary/aromatic N) is 5. The normalized spacial score (nSPS) is 18.7. The number of benzene rings is 1. The van der Waals surface area contributed by atoms with Crippen molar-refractivity contribution in [3.8, 4) is 12.1 Å². The number of rotatable bonds is 27. The lowest BCUT2D eigenvalue weighted by atomic mass is 9.98. The number of anilines is 1. The summed E-state index contributed by atoms with van der Waals surface area (Å²) < 4.78 is 57.1. The van der Waals surface area contributed by atoms with Crippen LogP contribution >= 0.6 is 7.82 Å². The molecule has 0 aliphatic carbocycles. The molecule has 3 aromatic rings. The second-order valence-corrected chi connectivity index (χ2v) is 15.4. The highest BCUT2D eigenvalue weighted by molar-refractivity contribution is 7.47. The van der Waals surface area contributed by atoms with Gasteiger partial charge < -0.3 is 24.8 Å². The van der Waals surface area contributed by atoms with Crippen LogP contribution in [0.15, 0.2) is 36.7 Å². The maximum atomic E-state index is 14.2. The second-order valence-electron chi connectivity index (χ2n) is 14.0. The number of hydrogen-bond acceptors (Lipinski definition) is 11. The van der Waals surface area contributed by atoms with Crippen molar-refractivity contribution in [1.82, 2.24) is 14.6 Å². The number of hydrogen-bond donors (Lipinski definition) is 2. The minimum atomic E-state index is -4.58. The quantitative estimate of drug-likeness (QED) is 0.0557. The van der Waals surface area contributed by atoms with Gasteiger partial charge in [0, 0.05) is 6.61 Å². The summed E-state index contributed by atoms with van der Waals surface area (Å²) in [6.45, 7) is 2.14. The van der Waals surface area contributed by atoms with Gasteiger partial charge in [0.2, 0.25) is 0 Å². The van der Waals surface area contributed by atoms with Crippen molar-refractivity contribution in [2.24, 2.45) is 0 Å². The molecule has 0 saturated carbocycles. The van der Waals surface area contributed by atoms with Crippen LogP contribution in [0, 0.1) is 28.5 Å². The summed E-state index contributed by atoms with van der Waals surface area (Å²) >= 11 is 0. The number of phosphoric acid groups is 1. The van der Waals surface area contributed by atoms with E-state index in [0.29, 0.717) is 36.2 Å². The third kappa shape index (κ3) is 13.7. The average Bonchev–Trinajstić information content (AvgIpc) is 3.81. The highest BCUT2D eigenvalue weighted by Gasteiger charge is 2.45. The Kier molecular flexibility index (Phi) is 18.3. The van der Waals surface area contributed by atoms with Gasteiger partial charge in [-0.25, -0.2) is 18.5 Å². The topological polar surface area (TPSA) is 187 Å². The molecule has 0 amide bonds. The smallest absolute Gasteiger partial charge is 0.382 e. The average molecular weight is 771 g/mol. The lowest BCUT2D eigenvalue weighted by Gasteiger charge is -2.23. The van der Waals surface area contributed by atoms with E-state index in [1.54, 1.807) is 24.3 Å². The van der Waals surface area contributed by atoms with Crippen LogP contribution in [0.5, 0.6) is 0 Å². The van der Waals surface area contributed by atoms with E-state index in [1.165, 1.54) is 93.6 Å². The van der Waals surface area contributed by atoms with Gasteiger partial charge in [-0.2, -0.15) is 15.6 Å². The van der Waals surface area contributed by atoms with Crippen molar-refractivity contribution in [1.29, 1.82) is 10.5 Å². The van der Waals surface area contributed by atoms with Gasteiger partial charge in [-0.15, -0.1) is 0 Å². The van der Waals surface area contributed by atoms with Crippen LogP contribution < -0.4 is 5.73 Å². The Bertz CT molecular complexity index is 1710. The van der Waals surface area contributed by atoms with Crippen molar-refractivity contribution in [2.75, 3.05) is 32.2 Å². The third-order valence-electron chi connectivity index (χ3n) is 9.70. The molecule has 3 heterocycles. The largest absolute Gasteiger partial charge is 0.472 e. The Morgan fingerprint density at radius 3 is 2.35 bits per heavy atom. The minimum absolute atomic E-state index is 0.0351. The summed E-state index contributed by atoms with van der Waals surface area (Å²) in [7, 11) is -4.58. The van der Waals surface area contributed by atoms with Gasteiger partial charge in [-0.1, -0.05) is 96.5 Å². The molecular formula is C39H56FN6O7P. The summed E-state index contributed by atoms with van der Waals surface area (Å²) in [4.78, 5) is 14.5. The van der Waals surface area contributed by atoms with Gasteiger partial charge in [0.15, 0.2) is 11.4 Å². The van der Waals surface area contributed by atoms with Crippen LogP contribution in [0.3, 0.4) is 0 Å². The number of phosphoric ester groups is 1. The van der Waals surface area contributed by atoms with Gasteiger partial charge in [-0.05, 0) is 49.1 Å². The van der Waals surface area contributed by atoms with Crippen LogP contribution in [0.1, 0.15) is 126 Å². The zero-order chi connectivity index (χ0) is 38.7. The fourth-order valence-electron chi connectivity index (χ4n) is 6.57. The predicted molar refractivity (Wildman–Crippen MR) is 201 cm³/mol. The first-order valence-corrected chi connectivity index (χ1v) is 20.9. The van der Waals surface area contributed by atoms with Crippen LogP contribution in [-0.4, -0.2) is 58.1 Å². The first-order chi connectivity index (χ1) is 26.2. The molecule has 1 unspecified atom stereocenters. The van der Waals surface area contributed by atoms with E-state index in [0.717, 1.165) is 19.3 Å². The van der Waals surface area contributed by atoms with E-state index in [-0.39, 0.29) is 37.8 Å². The first kappa shape index (κ1) is 43.3. The Hall–Kier alpha value is -3.46. The Morgan fingerprint density at radius 2 is 1.70 bits per heavy atom. The van der Waals surface area contributed by atoms with Crippen molar-refractivity contribution in [3.05, 3.63) is 59.3 Å². The molecule has 1 saturated heterocycles. The maximum absolute atomic E-state index is 14.2. The molecule has 13 nitrogen and oxygen atoms in total. The molecule has 2 aromatic heterocycles. The predicted octanol–water partition coefficient (Wildman–Crippen LogP) is 8.44. The molecule has 1 fully saturated rings. The fourth-order valence-corrected chi connectivity index (χ4v) is 7.36. The van der Waals surface area contributed by atoms with E-state index in [2.05, 4.69) is 23.1 Å². The molecule has 1 aliphatic heterocycles. The first-order valence-electron chi connectivity index (χ1n) is 19.4. The standard InChI is InChI=1S/C39H56FN6O7P/c1-2-3-4-5-6-7-8-9-10-11-12-13-14-15-22-49-26-34(50-25-31-16-17-32(24-41)35(40)23-31)28-52-54(47,48)51-27-33-20-21-39(29-42,53-33)37-19-18-36-38(43)44-30-45-46(36)37/h16-19,23,30,33-34H,2-15,20-22,25-28H2,1H3,(H,47,48)(H2,43,44,45)/t33-,34+,39-/m0/s1. The van der Waals surface area contributed by atoms with Crippen molar-refractivity contribution in [2.45, 2.75) is 134 Å². The van der Waals surface area contributed by atoms with Crippen LogP contribution in [0.25, 0.3) is 5.52 Å².